The molecular formula is C18H16N4O4S2. The van der Waals surface area contributed by atoms with Crippen LogP contribution in [0.5, 0.6) is 5.75 Å². The first-order valence-corrected chi connectivity index (χ1v) is 9.97. The second-order valence-corrected chi connectivity index (χ2v) is 7.32. The number of para-hydroxylation sites is 1. The van der Waals surface area contributed by atoms with Crippen molar-refractivity contribution < 1.29 is 18.7 Å². The largest absolute Gasteiger partial charge is 0.496 e. The number of nitrogen functional groups attached to an aromatic ring is 1. The fourth-order valence-electron chi connectivity index (χ4n) is 2.44. The molecule has 0 radical (unpaired) electrons. The zero-order valence-electron chi connectivity index (χ0n) is 15.1. The highest BCUT2D eigenvalue weighted by Gasteiger charge is 2.23. The van der Waals surface area contributed by atoms with Crippen LogP contribution in [0.25, 0.3) is 11.5 Å². The molecular weight excluding hydrogens is 400 g/mol. The highest BCUT2D eigenvalue weighted by Crippen LogP contribution is 2.36. The van der Waals surface area contributed by atoms with Crippen molar-refractivity contribution in [1.29, 1.82) is 5.26 Å². The highest BCUT2D eigenvalue weighted by atomic mass is 32.2. The number of methoxy groups -OCH3 is 1. The topological polar surface area (TPSA) is 124 Å². The van der Waals surface area contributed by atoms with Crippen LogP contribution in [0.2, 0.25) is 0 Å². The van der Waals surface area contributed by atoms with Crippen LogP contribution in [0.1, 0.15) is 27.7 Å². The molecule has 2 N–H and O–H groups in total. The van der Waals surface area contributed by atoms with Crippen LogP contribution < -0.4 is 10.5 Å². The van der Waals surface area contributed by atoms with Gasteiger partial charge in [-0.1, -0.05) is 23.9 Å². The molecule has 3 rings (SSSR count). The number of nitriles is 1. The number of aromatic nitrogens is 2. The maximum Gasteiger partial charge on any atom is 0.348 e. The van der Waals surface area contributed by atoms with Crippen molar-refractivity contribution in [2.75, 3.05) is 19.5 Å². The number of hydrogen-bond acceptors (Lipinski definition) is 10. The van der Waals surface area contributed by atoms with E-state index in [1.807, 2.05) is 24.3 Å². The zero-order chi connectivity index (χ0) is 20.1. The lowest BCUT2D eigenvalue weighted by atomic mass is 10.2. The molecule has 28 heavy (non-hydrogen) atoms. The maximum atomic E-state index is 12.2. The summed E-state index contributed by atoms with van der Waals surface area (Å²) in [6.45, 7) is 1.95. The van der Waals surface area contributed by atoms with Crippen molar-refractivity contribution in [3.63, 3.8) is 0 Å². The first-order valence-electron chi connectivity index (χ1n) is 8.17. The van der Waals surface area contributed by atoms with Gasteiger partial charge in [0, 0.05) is 11.3 Å². The Morgan fingerprint density at radius 2 is 2.18 bits per heavy atom. The van der Waals surface area contributed by atoms with Gasteiger partial charge in [-0.25, -0.2) is 4.79 Å². The predicted octanol–water partition coefficient (Wildman–Crippen LogP) is 3.73. The Bertz CT molecular complexity index is 1040. The Kier molecular flexibility index (Phi) is 6.18. The van der Waals surface area contributed by atoms with E-state index in [9.17, 15) is 10.1 Å². The predicted molar refractivity (Wildman–Crippen MR) is 105 cm³/mol. The summed E-state index contributed by atoms with van der Waals surface area (Å²) in [5.74, 6) is 0.690. The number of ether oxygens (including phenoxy) is 2. The summed E-state index contributed by atoms with van der Waals surface area (Å²) in [5, 5.41) is 18.0. The molecule has 0 aliphatic carbocycles. The SMILES string of the molecule is CCOC(=O)c1sc(N)c(C#N)c1CSc1nnc(-c2ccccc2OC)o1. The van der Waals surface area contributed by atoms with E-state index in [4.69, 9.17) is 19.6 Å². The number of hydrogen-bond donors (Lipinski definition) is 1. The average Bonchev–Trinajstić information content (AvgIpc) is 3.30. The average molecular weight is 416 g/mol. The molecule has 3 aromatic rings. The van der Waals surface area contributed by atoms with E-state index < -0.39 is 5.97 Å². The van der Waals surface area contributed by atoms with Crippen molar-refractivity contribution in [3.8, 4) is 23.3 Å². The second kappa shape index (κ2) is 8.77. The molecule has 0 fully saturated rings. The lowest BCUT2D eigenvalue weighted by molar-refractivity contribution is 0.0531. The quantitative estimate of drug-likeness (QED) is 0.453. The minimum absolute atomic E-state index is 0.233. The van der Waals surface area contributed by atoms with Gasteiger partial charge in [0.05, 0.1) is 24.8 Å². The molecule has 144 valence electrons. The first kappa shape index (κ1) is 19.7. The second-order valence-electron chi connectivity index (χ2n) is 5.34. The maximum absolute atomic E-state index is 12.2. The van der Waals surface area contributed by atoms with Gasteiger partial charge in [-0.2, -0.15) is 5.26 Å². The van der Waals surface area contributed by atoms with E-state index in [0.29, 0.717) is 32.9 Å². The van der Waals surface area contributed by atoms with Crippen LogP contribution in [-0.4, -0.2) is 29.9 Å². The molecule has 0 unspecified atom stereocenters. The van der Waals surface area contributed by atoms with Crippen molar-refractivity contribution in [3.05, 3.63) is 40.3 Å². The van der Waals surface area contributed by atoms with E-state index in [-0.39, 0.29) is 22.9 Å². The van der Waals surface area contributed by atoms with E-state index in [1.54, 1.807) is 20.1 Å². The van der Waals surface area contributed by atoms with E-state index in [2.05, 4.69) is 10.2 Å². The number of rotatable bonds is 7. The van der Waals surface area contributed by atoms with Gasteiger partial charge in [0.15, 0.2) is 0 Å². The van der Waals surface area contributed by atoms with Crippen LogP contribution in [0.15, 0.2) is 33.9 Å². The van der Waals surface area contributed by atoms with Gasteiger partial charge in [-0.3, -0.25) is 0 Å². The summed E-state index contributed by atoms with van der Waals surface area (Å²) in [7, 11) is 1.56. The van der Waals surface area contributed by atoms with Gasteiger partial charge in [-0.15, -0.1) is 21.5 Å². The van der Waals surface area contributed by atoms with Crippen molar-refractivity contribution in [2.24, 2.45) is 0 Å². The van der Waals surface area contributed by atoms with Gasteiger partial charge >= 0.3 is 5.97 Å². The van der Waals surface area contributed by atoms with E-state index >= 15 is 0 Å². The Hall–Kier alpha value is -3.03. The molecule has 0 saturated carbocycles. The number of esters is 1. The minimum atomic E-state index is -0.503. The summed E-state index contributed by atoms with van der Waals surface area (Å²) in [4.78, 5) is 12.5. The monoisotopic (exact) mass is 416 g/mol. The Balaban J connectivity index is 1.83. The van der Waals surface area contributed by atoms with Crippen LogP contribution >= 0.6 is 23.1 Å². The normalized spacial score (nSPS) is 10.5. The number of thiophene rings is 1. The summed E-state index contributed by atoms with van der Waals surface area (Å²) in [5.41, 5.74) is 7.33. The van der Waals surface area contributed by atoms with Gasteiger partial charge in [0.25, 0.3) is 11.1 Å². The Labute approximate surface area is 169 Å². The molecule has 8 nitrogen and oxygen atoms in total. The molecule has 2 aromatic heterocycles. The summed E-state index contributed by atoms with van der Waals surface area (Å²) in [6, 6.07) is 9.34. The minimum Gasteiger partial charge on any atom is -0.496 e. The van der Waals surface area contributed by atoms with Gasteiger partial charge in [0.1, 0.15) is 21.7 Å². The first-order chi connectivity index (χ1) is 13.6. The summed E-state index contributed by atoms with van der Waals surface area (Å²) < 4.78 is 16.1. The number of anilines is 1. The smallest absolute Gasteiger partial charge is 0.348 e. The fourth-order valence-corrected chi connectivity index (χ4v) is 4.25. The molecule has 0 bridgehead atoms. The van der Waals surface area contributed by atoms with Gasteiger partial charge in [-0.05, 0) is 19.1 Å². The van der Waals surface area contributed by atoms with Crippen LogP contribution in [0, 0.1) is 11.3 Å². The van der Waals surface area contributed by atoms with Gasteiger partial charge in [0.2, 0.25) is 0 Å². The summed E-state index contributed by atoms with van der Waals surface area (Å²) in [6.07, 6.45) is 0. The zero-order valence-corrected chi connectivity index (χ0v) is 16.7. The van der Waals surface area contributed by atoms with Gasteiger partial charge < -0.3 is 19.6 Å². The van der Waals surface area contributed by atoms with E-state index in [0.717, 1.165) is 11.3 Å². The number of thioether (sulfide) groups is 1. The van der Waals surface area contributed by atoms with Crippen molar-refractivity contribution >= 4 is 34.1 Å². The van der Waals surface area contributed by atoms with Crippen LogP contribution in [0.3, 0.4) is 0 Å². The molecule has 0 amide bonds. The third kappa shape index (κ3) is 3.95. The van der Waals surface area contributed by atoms with Crippen LogP contribution in [-0.2, 0) is 10.5 Å². The third-order valence-electron chi connectivity index (χ3n) is 3.69. The molecule has 10 heteroatoms. The Morgan fingerprint density at radius 3 is 2.89 bits per heavy atom. The number of nitrogens with two attached hydrogens (primary N) is 1. The fraction of sp³-hybridized carbons (Fsp3) is 0.222. The molecule has 0 atom stereocenters. The lowest BCUT2D eigenvalue weighted by Crippen LogP contribution is -2.05. The summed E-state index contributed by atoms with van der Waals surface area (Å²) >= 11 is 2.25. The Morgan fingerprint density at radius 1 is 1.39 bits per heavy atom. The lowest BCUT2D eigenvalue weighted by Gasteiger charge is -2.03. The number of carbonyl (C=O) groups excluding carboxylic acids is 1. The number of benzene rings is 1. The molecule has 0 saturated heterocycles. The number of nitrogens with zero attached hydrogens (tertiary/aromatic N) is 3. The number of carbonyl (C=O) groups is 1. The van der Waals surface area contributed by atoms with Crippen molar-refractivity contribution in [1.82, 2.24) is 10.2 Å². The molecule has 0 aliphatic heterocycles. The highest BCUT2D eigenvalue weighted by molar-refractivity contribution is 7.98. The van der Waals surface area contributed by atoms with Crippen LogP contribution in [0.4, 0.5) is 5.00 Å². The molecule has 0 aliphatic rings. The third-order valence-corrected chi connectivity index (χ3v) is 5.58. The molecule has 2 heterocycles. The van der Waals surface area contributed by atoms with E-state index in [1.165, 1.54) is 11.8 Å². The molecule has 1 aromatic carbocycles. The van der Waals surface area contributed by atoms with Crippen molar-refractivity contribution in [2.45, 2.75) is 17.9 Å². The molecule has 0 spiro atoms. The standard InChI is InChI=1S/C18H16N4O4S2/c1-3-25-17(23)14-12(11(8-19)15(20)28-14)9-27-18-22-21-16(26-18)10-6-4-5-7-13(10)24-2/h4-7H,3,9,20H2,1-2H3.